The van der Waals surface area contributed by atoms with E-state index >= 15 is 0 Å². The molecule has 0 spiro atoms. The van der Waals surface area contributed by atoms with Crippen molar-refractivity contribution in [2.24, 2.45) is 10.7 Å². The van der Waals surface area contributed by atoms with E-state index < -0.39 is 5.79 Å². The third-order valence-corrected chi connectivity index (χ3v) is 7.15. The Morgan fingerprint density at radius 2 is 2.06 bits per heavy atom. The third kappa shape index (κ3) is 4.30. The van der Waals surface area contributed by atoms with Gasteiger partial charge in [-0.05, 0) is 43.9 Å². The number of nitrogens with two attached hydrogens (primary N) is 1. The van der Waals surface area contributed by atoms with E-state index in [1.54, 1.807) is 19.6 Å². The SMILES string of the molecule is CCN(C)C1=NC(N)(c2ccc(-n3cnc(Cl)c3)c(OC)c2)NC2=C1CCCC2c1ccccc1. The number of ether oxygens (including phenoxy) is 1. The largest absolute Gasteiger partial charge is 0.495 e. The van der Waals surface area contributed by atoms with Crippen molar-refractivity contribution in [3.05, 3.63) is 88.6 Å². The van der Waals surface area contributed by atoms with Crippen LogP contribution in [0.1, 0.15) is 43.2 Å². The van der Waals surface area contributed by atoms with Gasteiger partial charge in [0.15, 0.2) is 0 Å². The average molecular weight is 491 g/mol. The van der Waals surface area contributed by atoms with Gasteiger partial charge in [-0.1, -0.05) is 48.0 Å². The first kappa shape index (κ1) is 23.5. The number of likely N-dealkylation sites (N-methyl/N-ethyl adjacent to an activating group) is 1. The second-order valence-corrected chi connectivity index (χ2v) is 9.47. The topological polar surface area (TPSA) is 80.7 Å². The summed E-state index contributed by atoms with van der Waals surface area (Å²) in [6.45, 7) is 2.97. The lowest BCUT2D eigenvalue weighted by molar-refractivity contribution is 0.348. The van der Waals surface area contributed by atoms with E-state index in [0.29, 0.717) is 10.9 Å². The predicted octanol–water partition coefficient (Wildman–Crippen LogP) is 4.78. The quantitative estimate of drug-likeness (QED) is 0.538. The van der Waals surface area contributed by atoms with Gasteiger partial charge in [0, 0.05) is 42.5 Å². The van der Waals surface area contributed by atoms with Crippen LogP contribution < -0.4 is 15.8 Å². The molecule has 0 fully saturated rings. The maximum absolute atomic E-state index is 7.07. The highest BCUT2D eigenvalue weighted by atomic mass is 35.5. The average Bonchev–Trinajstić information content (AvgIpc) is 3.33. The summed E-state index contributed by atoms with van der Waals surface area (Å²) in [5.41, 5.74) is 12.4. The zero-order valence-electron chi connectivity index (χ0n) is 20.3. The summed E-state index contributed by atoms with van der Waals surface area (Å²) in [7, 11) is 3.72. The van der Waals surface area contributed by atoms with Crippen molar-refractivity contribution in [2.45, 2.75) is 37.9 Å². The van der Waals surface area contributed by atoms with E-state index in [0.717, 1.165) is 42.9 Å². The van der Waals surface area contributed by atoms with E-state index in [9.17, 15) is 0 Å². The van der Waals surface area contributed by atoms with E-state index in [1.807, 2.05) is 22.8 Å². The van der Waals surface area contributed by atoms with Crippen LogP contribution in [0, 0.1) is 0 Å². The molecule has 2 heterocycles. The second-order valence-electron chi connectivity index (χ2n) is 9.08. The van der Waals surface area contributed by atoms with Crippen LogP contribution in [-0.4, -0.2) is 41.0 Å². The van der Waals surface area contributed by atoms with Crippen molar-refractivity contribution in [3.63, 3.8) is 0 Å². The minimum Gasteiger partial charge on any atom is -0.495 e. The third-order valence-electron chi connectivity index (χ3n) is 6.96. The van der Waals surface area contributed by atoms with Gasteiger partial charge in [-0.15, -0.1) is 0 Å². The molecule has 2 aliphatic rings. The standard InChI is InChI=1S/C27H31ClN6O/c1-4-33(2)26-21-12-8-11-20(18-9-6-5-7-10-18)25(21)31-27(29,32-26)19-13-14-22(23(15-19)35-3)34-16-24(28)30-17-34/h5-7,9-10,13-17,20,31H,4,8,11-12,29H2,1-3H3. The molecule has 0 amide bonds. The smallest absolute Gasteiger partial charge is 0.211 e. The van der Waals surface area contributed by atoms with E-state index in [4.69, 9.17) is 27.1 Å². The number of aliphatic imine (C=N–C) groups is 1. The van der Waals surface area contributed by atoms with Gasteiger partial charge in [0.2, 0.25) is 5.79 Å². The summed E-state index contributed by atoms with van der Waals surface area (Å²) in [6, 6.07) is 16.5. The van der Waals surface area contributed by atoms with Gasteiger partial charge in [0.05, 0.1) is 12.8 Å². The highest BCUT2D eigenvalue weighted by molar-refractivity contribution is 6.29. The molecule has 0 saturated heterocycles. The van der Waals surface area contributed by atoms with Crippen LogP contribution in [0.5, 0.6) is 5.75 Å². The van der Waals surface area contributed by atoms with Gasteiger partial charge in [-0.25, -0.2) is 9.98 Å². The number of benzene rings is 2. The summed E-state index contributed by atoms with van der Waals surface area (Å²) in [6.07, 6.45) is 6.57. The Kier molecular flexibility index (Phi) is 6.30. The minimum absolute atomic E-state index is 0.243. The molecule has 0 saturated carbocycles. The Labute approximate surface area is 211 Å². The first-order chi connectivity index (χ1) is 16.9. The molecule has 1 aliphatic carbocycles. The first-order valence-corrected chi connectivity index (χ1v) is 12.4. The number of allylic oxidation sites excluding steroid dienone is 1. The minimum atomic E-state index is -1.14. The number of hydrogen-bond donors (Lipinski definition) is 2. The molecule has 0 radical (unpaired) electrons. The fourth-order valence-corrected chi connectivity index (χ4v) is 5.16. The Hall–Kier alpha value is -3.29. The predicted molar refractivity (Wildman–Crippen MR) is 140 cm³/mol. The highest BCUT2D eigenvalue weighted by Gasteiger charge is 2.40. The number of hydrogen-bond acceptors (Lipinski definition) is 6. The van der Waals surface area contributed by atoms with Crippen molar-refractivity contribution in [1.82, 2.24) is 19.8 Å². The number of rotatable bonds is 5. The second kappa shape index (κ2) is 9.40. The number of methoxy groups -OCH3 is 1. The molecule has 0 bridgehead atoms. The van der Waals surface area contributed by atoms with Gasteiger partial charge in [-0.2, -0.15) is 0 Å². The molecule has 2 unspecified atom stereocenters. The zero-order valence-corrected chi connectivity index (χ0v) is 21.1. The maximum atomic E-state index is 7.07. The summed E-state index contributed by atoms with van der Waals surface area (Å²) >= 11 is 6.04. The lowest BCUT2D eigenvalue weighted by atomic mass is 9.80. The summed E-state index contributed by atoms with van der Waals surface area (Å²) in [5, 5.41) is 4.09. The molecule has 2 atom stereocenters. The highest BCUT2D eigenvalue weighted by Crippen LogP contribution is 2.42. The van der Waals surface area contributed by atoms with Gasteiger partial charge < -0.3 is 19.5 Å². The number of nitrogens with zero attached hydrogens (tertiary/aromatic N) is 4. The molecule has 5 rings (SSSR count). The van der Waals surface area contributed by atoms with Gasteiger partial charge in [0.25, 0.3) is 0 Å². The molecule has 3 aromatic rings. The van der Waals surface area contributed by atoms with Crippen LogP contribution in [0.15, 0.2) is 77.3 Å². The summed E-state index contributed by atoms with van der Waals surface area (Å²) in [5.74, 6) is 0.717. The van der Waals surface area contributed by atoms with Crippen LogP contribution in [0.2, 0.25) is 5.15 Å². The molecular weight excluding hydrogens is 460 g/mol. The zero-order chi connectivity index (χ0) is 24.6. The Morgan fingerprint density at radius 3 is 2.74 bits per heavy atom. The molecular formula is C27H31ClN6O. The Morgan fingerprint density at radius 1 is 1.26 bits per heavy atom. The lowest BCUT2D eigenvalue weighted by Gasteiger charge is -2.42. The fraction of sp³-hybridized carbons (Fsp3) is 0.333. The van der Waals surface area contributed by atoms with Crippen molar-refractivity contribution < 1.29 is 4.74 Å². The molecule has 7 nitrogen and oxygen atoms in total. The number of imidazole rings is 1. The van der Waals surface area contributed by atoms with E-state index in [-0.39, 0.29) is 5.92 Å². The van der Waals surface area contributed by atoms with Crippen LogP contribution >= 0.6 is 11.6 Å². The molecule has 1 aromatic heterocycles. The normalized spacial score (nSPS) is 21.7. The van der Waals surface area contributed by atoms with Gasteiger partial charge in [0.1, 0.15) is 23.1 Å². The van der Waals surface area contributed by atoms with E-state index in [1.165, 1.54) is 16.8 Å². The van der Waals surface area contributed by atoms with Crippen LogP contribution in [0.4, 0.5) is 0 Å². The molecule has 8 heteroatoms. The molecule has 2 aromatic carbocycles. The number of nitrogens with one attached hydrogen (secondary N) is 1. The van der Waals surface area contributed by atoms with Gasteiger partial charge in [-0.3, -0.25) is 5.73 Å². The molecule has 1 aliphatic heterocycles. The number of halogens is 1. The first-order valence-electron chi connectivity index (χ1n) is 12.0. The van der Waals surface area contributed by atoms with Crippen molar-refractivity contribution >= 4 is 17.4 Å². The molecule has 35 heavy (non-hydrogen) atoms. The Balaban J connectivity index is 1.60. The van der Waals surface area contributed by atoms with Crippen LogP contribution in [0.3, 0.4) is 0 Å². The monoisotopic (exact) mass is 490 g/mol. The van der Waals surface area contributed by atoms with Crippen molar-refractivity contribution in [3.8, 4) is 11.4 Å². The summed E-state index contributed by atoms with van der Waals surface area (Å²) < 4.78 is 7.56. The van der Waals surface area contributed by atoms with E-state index in [2.05, 4.69) is 59.5 Å². The van der Waals surface area contributed by atoms with Crippen LogP contribution in [-0.2, 0) is 5.79 Å². The van der Waals surface area contributed by atoms with Crippen molar-refractivity contribution in [2.75, 3.05) is 20.7 Å². The van der Waals surface area contributed by atoms with Crippen LogP contribution in [0.25, 0.3) is 5.69 Å². The Bertz CT molecular complexity index is 1280. The van der Waals surface area contributed by atoms with Gasteiger partial charge >= 0.3 is 0 Å². The maximum Gasteiger partial charge on any atom is 0.211 e. The van der Waals surface area contributed by atoms with Crippen molar-refractivity contribution in [1.29, 1.82) is 0 Å². The molecule has 3 N–H and O–H groups in total. The number of aromatic nitrogens is 2. The fourth-order valence-electron chi connectivity index (χ4n) is 5.01. The lowest BCUT2D eigenvalue weighted by Crippen LogP contribution is -2.55. The summed E-state index contributed by atoms with van der Waals surface area (Å²) in [4.78, 5) is 11.4. The molecule has 182 valence electrons. The number of amidine groups is 1.